The van der Waals surface area contributed by atoms with Crippen LogP contribution in [-0.2, 0) is 9.31 Å². The summed E-state index contributed by atoms with van der Waals surface area (Å²) >= 11 is 12.3. The highest BCUT2D eigenvalue weighted by Crippen LogP contribution is 2.31. The summed E-state index contributed by atoms with van der Waals surface area (Å²) in [6, 6.07) is 1.55. The highest BCUT2D eigenvalue weighted by atomic mass is 35.5. The minimum Gasteiger partial charge on any atom is -0.399 e. The maximum atomic E-state index is 10.4. The predicted molar refractivity (Wildman–Crippen MR) is 103 cm³/mol. The second-order valence-electron chi connectivity index (χ2n) is 8.23. The van der Waals surface area contributed by atoms with Crippen LogP contribution in [0.5, 0.6) is 0 Å². The lowest BCUT2D eigenvalue weighted by atomic mass is 9.74. The molecule has 0 aliphatic heterocycles. The molecule has 0 fully saturated rings. The summed E-state index contributed by atoms with van der Waals surface area (Å²) in [5, 5.41) is 21.4. The Morgan fingerprint density at radius 1 is 0.880 bits per heavy atom. The molecule has 0 atom stereocenters. The third-order valence-electron chi connectivity index (χ3n) is 4.86. The van der Waals surface area contributed by atoms with Gasteiger partial charge in [-0.3, -0.25) is 0 Å². The summed E-state index contributed by atoms with van der Waals surface area (Å²) in [5.74, 6) is 0. The van der Waals surface area contributed by atoms with Crippen LogP contribution < -0.4 is 5.46 Å². The molecule has 1 aromatic heterocycles. The van der Waals surface area contributed by atoms with E-state index in [1.807, 2.05) is 0 Å². The van der Waals surface area contributed by atoms with E-state index in [0.29, 0.717) is 10.5 Å². The van der Waals surface area contributed by atoms with Crippen LogP contribution in [0.1, 0.15) is 55.4 Å². The molecular weight excluding hydrogens is 364 g/mol. The van der Waals surface area contributed by atoms with Crippen molar-refractivity contribution in [3.8, 4) is 0 Å². The summed E-state index contributed by atoms with van der Waals surface area (Å²) in [5.41, 5.74) is -3.80. The zero-order chi connectivity index (χ0) is 19.8. The predicted octanol–water partition coefficient (Wildman–Crippen LogP) is 3.22. The Bertz CT molecular complexity index is 582. The van der Waals surface area contributed by atoms with Crippen molar-refractivity contribution >= 4 is 35.8 Å². The molecule has 0 saturated carbocycles. The Morgan fingerprint density at radius 2 is 1.28 bits per heavy atom. The normalized spacial score (nSPS) is 13.9. The highest BCUT2D eigenvalue weighted by Gasteiger charge is 2.46. The van der Waals surface area contributed by atoms with E-state index in [0.717, 1.165) is 0 Å². The number of pyridine rings is 1. The highest BCUT2D eigenvalue weighted by molar-refractivity contribution is 6.65. The Balaban J connectivity index is 3.35. The molecule has 2 N–H and O–H groups in total. The smallest absolute Gasteiger partial charge is 0.399 e. The van der Waals surface area contributed by atoms with Crippen LogP contribution in [-0.4, -0.2) is 44.7 Å². The van der Waals surface area contributed by atoms with Crippen molar-refractivity contribution in [3.05, 3.63) is 22.4 Å². The van der Waals surface area contributed by atoms with Gasteiger partial charge in [-0.2, -0.15) is 0 Å². The number of hydrogen-bond donors (Lipinski definition) is 2. The van der Waals surface area contributed by atoms with Gasteiger partial charge in [-0.1, -0.05) is 23.2 Å². The van der Waals surface area contributed by atoms with E-state index in [1.54, 1.807) is 61.5 Å². The molecule has 0 radical (unpaired) electrons. The van der Waals surface area contributed by atoms with Crippen molar-refractivity contribution in [3.63, 3.8) is 0 Å². The fraction of sp³-hybridized carbons (Fsp3) is 0.706. The number of halogens is 2. The molecule has 1 aromatic rings. The van der Waals surface area contributed by atoms with E-state index in [1.165, 1.54) is 6.20 Å². The Hall–Kier alpha value is -0.365. The zero-order valence-electron chi connectivity index (χ0n) is 16.1. The Labute approximate surface area is 160 Å². The van der Waals surface area contributed by atoms with Crippen LogP contribution in [0.15, 0.2) is 12.3 Å². The molecule has 0 saturated heterocycles. The maximum Gasteiger partial charge on any atom is 0.496 e. The molecular formula is C17H28BCl2NO4. The van der Waals surface area contributed by atoms with Gasteiger partial charge in [0, 0.05) is 11.7 Å². The van der Waals surface area contributed by atoms with Crippen molar-refractivity contribution in [2.45, 2.75) is 77.8 Å². The molecule has 0 aliphatic rings. The quantitative estimate of drug-likeness (QED) is 0.551. The van der Waals surface area contributed by atoms with Gasteiger partial charge in [0.2, 0.25) is 0 Å². The first-order valence-corrected chi connectivity index (χ1v) is 8.85. The number of nitrogens with zero attached hydrogens (tertiary/aromatic N) is 1. The molecule has 8 heteroatoms. The third kappa shape index (κ3) is 5.55. The van der Waals surface area contributed by atoms with Gasteiger partial charge in [-0.05, 0) is 61.5 Å². The van der Waals surface area contributed by atoms with E-state index in [2.05, 4.69) is 4.98 Å². The van der Waals surface area contributed by atoms with Gasteiger partial charge in [0.05, 0.1) is 27.4 Å². The van der Waals surface area contributed by atoms with E-state index in [9.17, 15) is 10.2 Å². The number of hydrogen-bond acceptors (Lipinski definition) is 5. The van der Waals surface area contributed by atoms with Gasteiger partial charge < -0.3 is 19.5 Å². The van der Waals surface area contributed by atoms with Crippen LogP contribution >= 0.6 is 23.2 Å². The monoisotopic (exact) mass is 391 g/mol. The molecule has 1 rings (SSSR count). The number of rotatable bonds is 7. The van der Waals surface area contributed by atoms with Crippen molar-refractivity contribution in [2.75, 3.05) is 0 Å². The largest absolute Gasteiger partial charge is 0.496 e. The summed E-state index contributed by atoms with van der Waals surface area (Å²) in [6.45, 7) is 13.6. The molecule has 0 aromatic carbocycles. The van der Waals surface area contributed by atoms with Crippen LogP contribution in [0, 0.1) is 0 Å². The van der Waals surface area contributed by atoms with E-state index >= 15 is 0 Å². The SMILES string of the molecule is CC(C)(O)C(C)(C)OB(OC(C)(C)C(C)(C)O)c1cc(Cl)ncc1Cl. The van der Waals surface area contributed by atoms with E-state index in [-0.39, 0.29) is 5.15 Å². The Morgan fingerprint density at radius 3 is 1.64 bits per heavy atom. The van der Waals surface area contributed by atoms with Gasteiger partial charge in [-0.15, -0.1) is 0 Å². The van der Waals surface area contributed by atoms with Crippen molar-refractivity contribution in [2.24, 2.45) is 0 Å². The molecule has 0 unspecified atom stereocenters. The minimum absolute atomic E-state index is 0.235. The minimum atomic E-state index is -1.16. The lowest BCUT2D eigenvalue weighted by Crippen LogP contribution is -2.59. The molecule has 0 spiro atoms. The van der Waals surface area contributed by atoms with Crippen molar-refractivity contribution in [1.82, 2.24) is 4.98 Å². The van der Waals surface area contributed by atoms with Gasteiger partial charge in [-0.25, -0.2) is 4.98 Å². The summed E-state index contributed by atoms with van der Waals surface area (Å²) in [4.78, 5) is 3.94. The summed E-state index contributed by atoms with van der Waals surface area (Å²) in [7, 11) is -0.976. The second-order valence-corrected chi connectivity index (χ2v) is 9.03. The number of aromatic nitrogens is 1. The summed E-state index contributed by atoms with van der Waals surface area (Å²) < 4.78 is 12.2. The number of aliphatic hydroxyl groups is 2. The molecule has 0 aliphatic carbocycles. The fourth-order valence-electron chi connectivity index (χ4n) is 1.58. The molecule has 142 valence electrons. The van der Waals surface area contributed by atoms with Crippen molar-refractivity contribution in [1.29, 1.82) is 0 Å². The average molecular weight is 392 g/mol. The molecule has 5 nitrogen and oxygen atoms in total. The van der Waals surface area contributed by atoms with Crippen LogP contribution in [0.25, 0.3) is 0 Å². The zero-order valence-corrected chi connectivity index (χ0v) is 17.7. The first-order chi connectivity index (χ1) is 11.0. The molecule has 0 bridgehead atoms. The second kappa shape index (κ2) is 7.33. The standard InChI is InChI=1S/C17H28BCl2NO4/c1-14(2,22)16(5,6)24-18(25-17(7,8)15(3,4)23)11-9-13(20)21-10-12(11)19/h9-10,22-23H,1-8H3. The fourth-order valence-corrected chi connectivity index (χ4v) is 1.94. The van der Waals surface area contributed by atoms with E-state index in [4.69, 9.17) is 32.5 Å². The lowest BCUT2D eigenvalue weighted by molar-refractivity contribution is -0.131. The lowest BCUT2D eigenvalue weighted by Gasteiger charge is -2.43. The van der Waals surface area contributed by atoms with Gasteiger partial charge in [0.25, 0.3) is 0 Å². The van der Waals surface area contributed by atoms with Gasteiger partial charge in [0.1, 0.15) is 5.15 Å². The maximum absolute atomic E-state index is 10.4. The van der Waals surface area contributed by atoms with Crippen LogP contribution in [0.4, 0.5) is 0 Å². The first-order valence-electron chi connectivity index (χ1n) is 8.09. The third-order valence-corrected chi connectivity index (χ3v) is 5.38. The van der Waals surface area contributed by atoms with Crippen LogP contribution in [0.3, 0.4) is 0 Å². The topological polar surface area (TPSA) is 71.8 Å². The van der Waals surface area contributed by atoms with Gasteiger partial charge in [0.15, 0.2) is 0 Å². The van der Waals surface area contributed by atoms with Crippen LogP contribution in [0.2, 0.25) is 10.2 Å². The average Bonchev–Trinajstić information content (AvgIpc) is 2.37. The van der Waals surface area contributed by atoms with Gasteiger partial charge >= 0.3 is 7.12 Å². The molecule has 0 amide bonds. The van der Waals surface area contributed by atoms with Crippen molar-refractivity contribution < 1.29 is 19.5 Å². The molecule has 1 heterocycles. The summed E-state index contributed by atoms with van der Waals surface area (Å²) in [6.07, 6.45) is 1.41. The van der Waals surface area contributed by atoms with E-state index < -0.39 is 29.5 Å². The Kier molecular flexibility index (Phi) is 6.65. The first kappa shape index (κ1) is 22.7. The molecule has 25 heavy (non-hydrogen) atoms.